The van der Waals surface area contributed by atoms with Crippen molar-refractivity contribution in [1.82, 2.24) is 5.32 Å². The Morgan fingerprint density at radius 2 is 2.27 bits per heavy atom. The molecule has 1 saturated heterocycles. The van der Waals surface area contributed by atoms with E-state index in [-0.39, 0.29) is 22.9 Å². The number of aliphatic hydroxyl groups excluding tert-OH is 1. The first-order valence-electron chi connectivity index (χ1n) is 7.15. The van der Waals surface area contributed by atoms with Crippen molar-refractivity contribution in [1.29, 1.82) is 0 Å². The molecule has 0 spiro atoms. The van der Waals surface area contributed by atoms with Gasteiger partial charge in [-0.05, 0) is 32.3 Å². The number of nitro benzene ring substituents is 1. The van der Waals surface area contributed by atoms with Gasteiger partial charge in [-0.2, -0.15) is 0 Å². The molecule has 1 heterocycles. The fraction of sp³-hybridized carbons (Fsp3) is 0.533. The lowest BCUT2D eigenvalue weighted by atomic mass is 9.93. The Morgan fingerprint density at radius 1 is 1.55 bits per heavy atom. The number of nitrogens with one attached hydrogen (secondary N) is 1. The maximum atomic E-state index is 12.1. The van der Waals surface area contributed by atoms with E-state index in [9.17, 15) is 20.0 Å². The molecule has 0 unspecified atom stereocenters. The topological polar surface area (TPSA) is 102 Å². The van der Waals surface area contributed by atoms with Crippen LogP contribution in [-0.2, 0) is 9.53 Å². The van der Waals surface area contributed by atoms with Gasteiger partial charge in [0, 0.05) is 24.8 Å². The van der Waals surface area contributed by atoms with Crippen LogP contribution >= 0.6 is 0 Å². The smallest absolute Gasteiger partial charge is 0.269 e. The standard InChI is InChI=1S/C15H20N2O5/c1-15(2)9-11(6-7-22-15)16-14(19)13(18)10-4-3-5-12(8-10)17(20)21/h3-5,8,11,13,18H,6-7,9H2,1-2H3,(H,16,19)/t11-,13-/m0/s1. The maximum absolute atomic E-state index is 12.1. The fourth-order valence-electron chi connectivity index (χ4n) is 2.59. The van der Waals surface area contributed by atoms with Gasteiger partial charge in [-0.3, -0.25) is 14.9 Å². The molecule has 1 aromatic rings. The molecule has 1 amide bonds. The number of rotatable bonds is 4. The van der Waals surface area contributed by atoms with Gasteiger partial charge < -0.3 is 15.2 Å². The summed E-state index contributed by atoms with van der Waals surface area (Å²) in [5, 5.41) is 23.6. The van der Waals surface area contributed by atoms with Crippen LogP contribution in [-0.4, -0.2) is 34.2 Å². The number of nitrogens with zero attached hydrogens (tertiary/aromatic N) is 1. The van der Waals surface area contributed by atoms with Gasteiger partial charge in [-0.25, -0.2) is 0 Å². The highest BCUT2D eigenvalue weighted by molar-refractivity contribution is 5.82. The van der Waals surface area contributed by atoms with E-state index in [4.69, 9.17) is 4.74 Å². The zero-order valence-corrected chi connectivity index (χ0v) is 12.6. The van der Waals surface area contributed by atoms with Crippen LogP contribution in [0.3, 0.4) is 0 Å². The number of non-ortho nitro benzene ring substituents is 1. The summed E-state index contributed by atoms with van der Waals surface area (Å²) in [5.74, 6) is -0.553. The Labute approximate surface area is 128 Å². The fourth-order valence-corrected chi connectivity index (χ4v) is 2.59. The third-order valence-electron chi connectivity index (χ3n) is 3.69. The monoisotopic (exact) mass is 308 g/mol. The summed E-state index contributed by atoms with van der Waals surface area (Å²) in [4.78, 5) is 22.3. The number of amides is 1. The molecule has 1 fully saturated rings. The van der Waals surface area contributed by atoms with Gasteiger partial charge in [-0.1, -0.05) is 12.1 Å². The van der Waals surface area contributed by atoms with E-state index in [2.05, 4.69) is 5.32 Å². The molecule has 0 aromatic heterocycles. The van der Waals surface area contributed by atoms with E-state index in [0.29, 0.717) is 19.4 Å². The molecule has 2 atom stereocenters. The van der Waals surface area contributed by atoms with Crippen LogP contribution in [0.4, 0.5) is 5.69 Å². The van der Waals surface area contributed by atoms with E-state index in [0.717, 1.165) is 0 Å². The van der Waals surface area contributed by atoms with Gasteiger partial charge >= 0.3 is 0 Å². The highest BCUT2D eigenvalue weighted by Gasteiger charge is 2.31. The van der Waals surface area contributed by atoms with Gasteiger partial charge in [0.2, 0.25) is 0 Å². The molecular formula is C15H20N2O5. The van der Waals surface area contributed by atoms with Crippen molar-refractivity contribution in [2.45, 2.75) is 44.4 Å². The molecule has 2 N–H and O–H groups in total. The minimum Gasteiger partial charge on any atom is -0.378 e. The largest absolute Gasteiger partial charge is 0.378 e. The van der Waals surface area contributed by atoms with Gasteiger partial charge in [-0.15, -0.1) is 0 Å². The second-order valence-corrected chi connectivity index (χ2v) is 6.06. The summed E-state index contributed by atoms with van der Waals surface area (Å²) in [6.07, 6.45) is -0.0946. The van der Waals surface area contributed by atoms with E-state index < -0.39 is 16.9 Å². The van der Waals surface area contributed by atoms with Crippen LogP contribution in [0.1, 0.15) is 38.4 Å². The second kappa shape index (κ2) is 6.41. The zero-order valence-electron chi connectivity index (χ0n) is 12.6. The van der Waals surface area contributed by atoms with Crippen LogP contribution in [0.25, 0.3) is 0 Å². The third kappa shape index (κ3) is 4.02. The predicted octanol–water partition coefficient (Wildman–Crippen LogP) is 1.70. The average molecular weight is 308 g/mol. The van der Waals surface area contributed by atoms with Crippen molar-refractivity contribution < 1.29 is 19.6 Å². The van der Waals surface area contributed by atoms with Crippen molar-refractivity contribution in [3.8, 4) is 0 Å². The third-order valence-corrected chi connectivity index (χ3v) is 3.69. The SMILES string of the molecule is CC1(C)C[C@@H](NC(=O)[C@@H](O)c2cccc([N+](=O)[O-])c2)CCO1. The van der Waals surface area contributed by atoms with Crippen molar-refractivity contribution in [2.24, 2.45) is 0 Å². The lowest BCUT2D eigenvalue weighted by Crippen LogP contribution is -2.47. The molecule has 1 aliphatic heterocycles. The summed E-state index contributed by atoms with van der Waals surface area (Å²) < 4.78 is 5.58. The minimum absolute atomic E-state index is 0.0791. The van der Waals surface area contributed by atoms with Gasteiger partial charge in [0.05, 0.1) is 10.5 Å². The number of carbonyl (C=O) groups excluding carboxylic acids is 1. The van der Waals surface area contributed by atoms with Crippen molar-refractivity contribution in [3.05, 3.63) is 39.9 Å². The quantitative estimate of drug-likeness (QED) is 0.651. The van der Waals surface area contributed by atoms with Crippen molar-refractivity contribution in [3.63, 3.8) is 0 Å². The molecule has 22 heavy (non-hydrogen) atoms. The van der Waals surface area contributed by atoms with E-state index in [1.165, 1.54) is 24.3 Å². The average Bonchev–Trinajstić information content (AvgIpc) is 2.45. The number of carbonyl (C=O) groups is 1. The molecule has 120 valence electrons. The van der Waals surface area contributed by atoms with Gasteiger partial charge in [0.15, 0.2) is 6.10 Å². The highest BCUT2D eigenvalue weighted by Crippen LogP contribution is 2.25. The summed E-state index contributed by atoms with van der Waals surface area (Å²) in [7, 11) is 0. The zero-order chi connectivity index (χ0) is 16.3. The van der Waals surface area contributed by atoms with E-state index in [1.807, 2.05) is 13.8 Å². The molecule has 1 aliphatic rings. The number of aliphatic hydroxyl groups is 1. The summed E-state index contributed by atoms with van der Waals surface area (Å²) in [6, 6.07) is 5.38. The van der Waals surface area contributed by atoms with Crippen molar-refractivity contribution >= 4 is 11.6 Å². The molecule has 1 aromatic carbocycles. The second-order valence-electron chi connectivity index (χ2n) is 6.06. The maximum Gasteiger partial charge on any atom is 0.269 e. The number of hydrogen-bond acceptors (Lipinski definition) is 5. The lowest BCUT2D eigenvalue weighted by molar-refractivity contribution is -0.385. The number of nitro groups is 1. The predicted molar refractivity (Wildman–Crippen MR) is 79.3 cm³/mol. The molecular weight excluding hydrogens is 288 g/mol. The Kier molecular flexibility index (Phi) is 4.77. The molecule has 2 rings (SSSR count). The molecule has 7 nitrogen and oxygen atoms in total. The number of benzene rings is 1. The van der Waals surface area contributed by atoms with Gasteiger partial charge in [0.1, 0.15) is 0 Å². The van der Waals surface area contributed by atoms with Crippen LogP contribution in [0, 0.1) is 10.1 Å². The van der Waals surface area contributed by atoms with Crippen LogP contribution in [0.2, 0.25) is 0 Å². The normalized spacial score (nSPS) is 21.9. The molecule has 7 heteroatoms. The molecule has 0 saturated carbocycles. The first-order chi connectivity index (χ1) is 10.3. The number of ether oxygens (including phenoxy) is 1. The lowest BCUT2D eigenvalue weighted by Gasteiger charge is -2.36. The summed E-state index contributed by atoms with van der Waals surface area (Å²) >= 11 is 0. The minimum atomic E-state index is -1.43. The Hall–Kier alpha value is -1.99. The first-order valence-corrected chi connectivity index (χ1v) is 7.15. The highest BCUT2D eigenvalue weighted by atomic mass is 16.6. The summed E-state index contributed by atoms with van der Waals surface area (Å²) in [6.45, 7) is 4.44. The van der Waals surface area contributed by atoms with Crippen LogP contribution in [0.15, 0.2) is 24.3 Å². The first kappa shape index (κ1) is 16.4. The summed E-state index contributed by atoms with van der Waals surface area (Å²) in [5.41, 5.74) is -0.262. The molecule has 0 radical (unpaired) electrons. The molecule has 0 bridgehead atoms. The van der Waals surface area contributed by atoms with E-state index >= 15 is 0 Å². The Balaban J connectivity index is 2.03. The van der Waals surface area contributed by atoms with Crippen LogP contribution in [0.5, 0.6) is 0 Å². The van der Waals surface area contributed by atoms with Gasteiger partial charge in [0.25, 0.3) is 11.6 Å². The number of hydrogen-bond donors (Lipinski definition) is 2. The van der Waals surface area contributed by atoms with E-state index in [1.54, 1.807) is 0 Å². The van der Waals surface area contributed by atoms with Crippen molar-refractivity contribution in [2.75, 3.05) is 6.61 Å². The van der Waals surface area contributed by atoms with Crippen LogP contribution < -0.4 is 5.32 Å². The Morgan fingerprint density at radius 3 is 2.91 bits per heavy atom. The molecule has 0 aliphatic carbocycles. The Bertz CT molecular complexity index is 573.